The lowest BCUT2D eigenvalue weighted by atomic mass is 9.92. The standard InChI is InChI=1S/C16H27N3S/c1-12-9-16(10-17,11-19(12)14-6-7-14)18(3)13(2)15-5-4-8-20-15/h4-5,8,12-14H,6-7,9-11,17H2,1-3H3. The highest BCUT2D eigenvalue weighted by Crippen LogP contribution is 2.41. The fraction of sp³-hybridized carbons (Fsp3) is 0.750. The van der Waals surface area contributed by atoms with Crippen LogP contribution in [0.3, 0.4) is 0 Å². The highest BCUT2D eigenvalue weighted by Gasteiger charge is 2.49. The van der Waals surface area contributed by atoms with E-state index in [-0.39, 0.29) is 5.54 Å². The Hall–Kier alpha value is -0.420. The van der Waals surface area contributed by atoms with E-state index in [4.69, 9.17) is 5.73 Å². The second kappa shape index (κ2) is 5.41. The average molecular weight is 293 g/mol. The Balaban J connectivity index is 1.78. The van der Waals surface area contributed by atoms with Gasteiger partial charge in [0, 0.05) is 41.6 Å². The van der Waals surface area contributed by atoms with Crippen molar-refractivity contribution in [3.63, 3.8) is 0 Å². The monoisotopic (exact) mass is 293 g/mol. The fourth-order valence-electron chi connectivity index (χ4n) is 3.80. The van der Waals surface area contributed by atoms with E-state index in [1.54, 1.807) is 0 Å². The Labute approximate surface area is 126 Å². The molecule has 1 aromatic rings. The second-order valence-corrected chi connectivity index (χ2v) is 7.67. The van der Waals surface area contributed by atoms with E-state index in [9.17, 15) is 0 Å². The molecule has 1 saturated carbocycles. The van der Waals surface area contributed by atoms with E-state index in [0.29, 0.717) is 12.1 Å². The topological polar surface area (TPSA) is 32.5 Å². The van der Waals surface area contributed by atoms with Crippen molar-refractivity contribution < 1.29 is 0 Å². The molecule has 0 amide bonds. The van der Waals surface area contributed by atoms with Crippen molar-refractivity contribution in [2.24, 2.45) is 5.73 Å². The molecule has 1 aromatic heterocycles. The number of thiophene rings is 1. The molecule has 2 N–H and O–H groups in total. The van der Waals surface area contributed by atoms with Crippen LogP contribution in [-0.4, -0.2) is 47.6 Å². The van der Waals surface area contributed by atoms with Gasteiger partial charge in [0.05, 0.1) is 0 Å². The summed E-state index contributed by atoms with van der Waals surface area (Å²) >= 11 is 1.85. The first kappa shape index (κ1) is 14.5. The van der Waals surface area contributed by atoms with Crippen molar-refractivity contribution in [2.75, 3.05) is 20.1 Å². The van der Waals surface area contributed by atoms with Crippen LogP contribution in [0.1, 0.15) is 44.0 Å². The minimum absolute atomic E-state index is 0.144. The molecule has 0 radical (unpaired) electrons. The summed E-state index contributed by atoms with van der Waals surface area (Å²) in [5.74, 6) is 0. The smallest absolute Gasteiger partial charge is 0.0476 e. The zero-order chi connectivity index (χ0) is 14.3. The quantitative estimate of drug-likeness (QED) is 0.906. The van der Waals surface area contributed by atoms with E-state index in [1.165, 1.54) is 24.1 Å². The van der Waals surface area contributed by atoms with Gasteiger partial charge in [-0.3, -0.25) is 9.80 Å². The first-order chi connectivity index (χ1) is 9.57. The van der Waals surface area contributed by atoms with Crippen molar-refractivity contribution in [1.29, 1.82) is 0 Å². The van der Waals surface area contributed by atoms with Gasteiger partial charge in [0.25, 0.3) is 0 Å². The Bertz CT molecular complexity index is 443. The number of hydrogen-bond acceptors (Lipinski definition) is 4. The van der Waals surface area contributed by atoms with E-state index in [2.05, 4.69) is 48.2 Å². The number of hydrogen-bond donors (Lipinski definition) is 1. The van der Waals surface area contributed by atoms with Gasteiger partial charge in [-0.15, -0.1) is 11.3 Å². The molecule has 112 valence electrons. The summed E-state index contributed by atoms with van der Waals surface area (Å²) in [5, 5.41) is 2.17. The molecular weight excluding hydrogens is 266 g/mol. The first-order valence-corrected chi connectivity index (χ1v) is 8.67. The van der Waals surface area contributed by atoms with Gasteiger partial charge in [-0.1, -0.05) is 6.07 Å². The largest absolute Gasteiger partial charge is 0.329 e. The van der Waals surface area contributed by atoms with Gasteiger partial charge in [0.2, 0.25) is 0 Å². The predicted molar refractivity (Wildman–Crippen MR) is 86.1 cm³/mol. The molecule has 3 rings (SSSR count). The maximum absolute atomic E-state index is 6.24. The third kappa shape index (κ3) is 2.43. The lowest BCUT2D eigenvalue weighted by molar-refractivity contribution is 0.0898. The normalized spacial score (nSPS) is 33.0. The van der Waals surface area contributed by atoms with Crippen LogP contribution in [0.2, 0.25) is 0 Å². The number of rotatable bonds is 5. The highest BCUT2D eigenvalue weighted by atomic mass is 32.1. The third-order valence-electron chi connectivity index (χ3n) is 5.40. The lowest BCUT2D eigenvalue weighted by Gasteiger charge is -2.41. The van der Waals surface area contributed by atoms with Gasteiger partial charge < -0.3 is 5.73 Å². The number of likely N-dealkylation sites (N-methyl/N-ethyl adjacent to an activating group) is 1. The van der Waals surface area contributed by atoms with Gasteiger partial charge >= 0.3 is 0 Å². The molecule has 0 bridgehead atoms. The minimum atomic E-state index is 0.144. The summed E-state index contributed by atoms with van der Waals surface area (Å²) in [4.78, 5) is 6.68. The molecule has 3 unspecified atom stereocenters. The van der Waals surface area contributed by atoms with Gasteiger partial charge in [0.15, 0.2) is 0 Å². The summed E-state index contributed by atoms with van der Waals surface area (Å²) in [6.45, 7) is 6.58. The molecule has 0 spiro atoms. The number of likely N-dealkylation sites (tertiary alicyclic amines) is 1. The Morgan fingerprint density at radius 1 is 1.55 bits per heavy atom. The van der Waals surface area contributed by atoms with Crippen LogP contribution in [0.4, 0.5) is 0 Å². The van der Waals surface area contributed by atoms with Crippen LogP contribution in [0.25, 0.3) is 0 Å². The molecule has 1 aliphatic heterocycles. The maximum Gasteiger partial charge on any atom is 0.0476 e. The average Bonchev–Trinajstić information content (AvgIpc) is 3.02. The SMILES string of the molecule is CC1CC(CN)(N(C)C(C)c2cccs2)CN1C1CC1. The van der Waals surface area contributed by atoms with Crippen LogP contribution in [0.5, 0.6) is 0 Å². The summed E-state index contributed by atoms with van der Waals surface area (Å²) < 4.78 is 0. The van der Waals surface area contributed by atoms with Gasteiger partial charge in [-0.25, -0.2) is 0 Å². The molecule has 2 heterocycles. The van der Waals surface area contributed by atoms with Gasteiger partial charge in [-0.05, 0) is 51.6 Å². The minimum Gasteiger partial charge on any atom is -0.329 e. The van der Waals surface area contributed by atoms with E-state index >= 15 is 0 Å². The lowest BCUT2D eigenvalue weighted by Crippen LogP contribution is -2.54. The molecular formula is C16H27N3S. The molecule has 3 nitrogen and oxygen atoms in total. The molecule has 3 atom stereocenters. The molecule has 1 saturated heterocycles. The third-order valence-corrected chi connectivity index (χ3v) is 6.44. The summed E-state index contributed by atoms with van der Waals surface area (Å²) in [7, 11) is 2.26. The molecule has 0 aromatic carbocycles. The van der Waals surface area contributed by atoms with Crippen molar-refractivity contribution in [3.8, 4) is 0 Å². The number of nitrogens with zero attached hydrogens (tertiary/aromatic N) is 2. The van der Waals surface area contributed by atoms with Crippen molar-refractivity contribution in [1.82, 2.24) is 9.80 Å². The van der Waals surface area contributed by atoms with Crippen LogP contribution in [0, 0.1) is 0 Å². The van der Waals surface area contributed by atoms with Gasteiger partial charge in [0.1, 0.15) is 0 Å². The van der Waals surface area contributed by atoms with E-state index < -0.39 is 0 Å². The highest BCUT2D eigenvalue weighted by molar-refractivity contribution is 7.10. The number of nitrogens with two attached hydrogens (primary N) is 1. The zero-order valence-electron chi connectivity index (χ0n) is 12.9. The van der Waals surface area contributed by atoms with Gasteiger partial charge in [-0.2, -0.15) is 0 Å². The molecule has 2 aliphatic rings. The fourth-order valence-corrected chi connectivity index (χ4v) is 4.63. The zero-order valence-corrected chi connectivity index (χ0v) is 13.7. The van der Waals surface area contributed by atoms with Crippen molar-refractivity contribution >= 4 is 11.3 Å². The summed E-state index contributed by atoms with van der Waals surface area (Å²) in [5.41, 5.74) is 6.39. The predicted octanol–water partition coefficient (Wildman–Crippen LogP) is 2.70. The summed E-state index contributed by atoms with van der Waals surface area (Å²) in [6.07, 6.45) is 3.97. The maximum atomic E-state index is 6.24. The Kier molecular flexibility index (Phi) is 3.93. The van der Waals surface area contributed by atoms with Crippen molar-refractivity contribution in [3.05, 3.63) is 22.4 Å². The molecule has 20 heavy (non-hydrogen) atoms. The summed E-state index contributed by atoms with van der Waals surface area (Å²) in [6, 6.07) is 6.35. The Morgan fingerprint density at radius 3 is 2.85 bits per heavy atom. The van der Waals surface area contributed by atoms with Crippen LogP contribution >= 0.6 is 11.3 Å². The molecule has 1 aliphatic carbocycles. The first-order valence-electron chi connectivity index (χ1n) is 7.79. The molecule has 4 heteroatoms. The Morgan fingerprint density at radius 2 is 2.30 bits per heavy atom. The van der Waals surface area contributed by atoms with E-state index in [0.717, 1.165) is 19.1 Å². The van der Waals surface area contributed by atoms with Crippen LogP contribution in [0.15, 0.2) is 17.5 Å². The van der Waals surface area contributed by atoms with E-state index in [1.807, 2.05) is 11.3 Å². The van der Waals surface area contributed by atoms with Crippen LogP contribution < -0.4 is 5.73 Å². The molecule has 2 fully saturated rings. The van der Waals surface area contributed by atoms with Crippen LogP contribution in [-0.2, 0) is 0 Å². The van der Waals surface area contributed by atoms with Crippen molar-refractivity contribution in [2.45, 2.75) is 56.8 Å². The second-order valence-electron chi connectivity index (χ2n) is 6.69.